The van der Waals surface area contributed by atoms with E-state index in [-0.39, 0.29) is 30.0 Å². The van der Waals surface area contributed by atoms with Crippen LogP contribution in [0.1, 0.15) is 32.3 Å². The largest absolute Gasteiger partial charge is 0.463 e. The zero-order valence-corrected chi connectivity index (χ0v) is 17.9. The molecule has 1 aromatic rings. The number of allylic oxidation sites excluding steroid dienone is 1. The van der Waals surface area contributed by atoms with Crippen molar-refractivity contribution in [2.24, 2.45) is 5.73 Å². The second kappa shape index (κ2) is 10.8. The Bertz CT molecular complexity index is 883. The molecule has 1 atom stereocenters. The fraction of sp³-hybridized carbons (Fsp3) is 0.400. The number of non-ortho nitro benzene ring substituents is 1. The molecular weight excluding hydrogens is 410 g/mol. The molecule has 1 heterocycles. The number of esters is 2. The third-order valence-electron chi connectivity index (χ3n) is 4.35. The number of nitrogens with two attached hydrogens (primary N) is 1. The summed E-state index contributed by atoms with van der Waals surface area (Å²) in [6.45, 7) is 5.79. The maximum Gasteiger partial charge on any atom is 0.336 e. The Kier molecular flexibility index (Phi) is 8.43. The summed E-state index contributed by atoms with van der Waals surface area (Å²) in [5.41, 5.74) is 6.88. The minimum atomic E-state index is -0.863. The molecule has 0 fully saturated rings. The van der Waals surface area contributed by atoms with Crippen molar-refractivity contribution in [2.45, 2.75) is 26.7 Å². The number of hydrogen-bond donors (Lipinski definition) is 1. The van der Waals surface area contributed by atoms with E-state index in [0.29, 0.717) is 23.6 Å². The van der Waals surface area contributed by atoms with Gasteiger partial charge in [0, 0.05) is 36.3 Å². The lowest BCUT2D eigenvalue weighted by molar-refractivity contribution is -0.384. The predicted octanol–water partition coefficient (Wildman–Crippen LogP) is 2.89. The Morgan fingerprint density at radius 2 is 1.90 bits per heavy atom. The zero-order chi connectivity index (χ0) is 22.3. The molecule has 0 radical (unpaired) electrons. The van der Waals surface area contributed by atoms with Crippen LogP contribution in [0.3, 0.4) is 0 Å². The lowest BCUT2D eigenvalue weighted by Crippen LogP contribution is -2.30. The van der Waals surface area contributed by atoms with E-state index in [1.54, 1.807) is 37.3 Å². The van der Waals surface area contributed by atoms with Crippen LogP contribution in [-0.2, 0) is 19.1 Å². The summed E-state index contributed by atoms with van der Waals surface area (Å²) >= 11 is 1.34. The molecule has 1 unspecified atom stereocenters. The van der Waals surface area contributed by atoms with Gasteiger partial charge in [-0.15, -0.1) is 0 Å². The third-order valence-corrected chi connectivity index (χ3v) is 5.42. The van der Waals surface area contributed by atoms with Crippen LogP contribution in [0.5, 0.6) is 0 Å². The molecule has 9 nitrogen and oxygen atoms in total. The van der Waals surface area contributed by atoms with E-state index in [0.717, 1.165) is 0 Å². The van der Waals surface area contributed by atoms with Gasteiger partial charge in [0.15, 0.2) is 0 Å². The molecule has 0 amide bonds. The summed E-state index contributed by atoms with van der Waals surface area (Å²) < 4.78 is 12.2. The number of nitro benzene ring substituents is 1. The number of benzene rings is 1. The van der Waals surface area contributed by atoms with E-state index >= 15 is 0 Å². The summed E-state index contributed by atoms with van der Waals surface area (Å²) in [5, 5.41) is 11.3. The molecule has 2 rings (SSSR count). The van der Waals surface area contributed by atoms with Crippen molar-refractivity contribution in [1.29, 1.82) is 0 Å². The van der Waals surface area contributed by atoms with Crippen LogP contribution in [0.2, 0.25) is 0 Å². The smallest absolute Gasteiger partial charge is 0.336 e. The van der Waals surface area contributed by atoms with Crippen molar-refractivity contribution in [1.82, 2.24) is 4.31 Å². The molecular formula is C20H25N3O6S. The minimum absolute atomic E-state index is 0.142. The van der Waals surface area contributed by atoms with Crippen LogP contribution >= 0.6 is 11.9 Å². The lowest BCUT2D eigenvalue weighted by Gasteiger charge is -2.33. The first-order valence-corrected chi connectivity index (χ1v) is 10.4. The minimum Gasteiger partial charge on any atom is -0.463 e. The molecule has 1 aliphatic heterocycles. The second-order valence-corrected chi connectivity index (χ2v) is 7.32. The van der Waals surface area contributed by atoms with E-state index in [4.69, 9.17) is 15.2 Å². The van der Waals surface area contributed by atoms with Gasteiger partial charge in [-0.05, 0) is 38.3 Å². The van der Waals surface area contributed by atoms with E-state index in [9.17, 15) is 19.7 Å². The molecule has 0 saturated heterocycles. The van der Waals surface area contributed by atoms with Crippen molar-refractivity contribution in [3.8, 4) is 0 Å². The van der Waals surface area contributed by atoms with Crippen molar-refractivity contribution in [2.75, 3.05) is 25.5 Å². The number of carbonyl (C=O) groups excluding carboxylic acids is 2. The highest BCUT2D eigenvalue weighted by atomic mass is 32.2. The summed E-state index contributed by atoms with van der Waals surface area (Å²) in [7, 11) is 0. The van der Waals surface area contributed by atoms with Crippen molar-refractivity contribution < 1.29 is 24.0 Å². The maximum atomic E-state index is 12.9. The van der Waals surface area contributed by atoms with Gasteiger partial charge in [0.25, 0.3) is 5.69 Å². The average Bonchev–Trinajstić information content (AvgIpc) is 2.72. The topological polar surface area (TPSA) is 125 Å². The van der Waals surface area contributed by atoms with Crippen LogP contribution in [0, 0.1) is 10.1 Å². The number of nitrogens with zero attached hydrogens (tertiary/aromatic N) is 2. The molecule has 0 aromatic heterocycles. The van der Waals surface area contributed by atoms with Gasteiger partial charge in [-0.1, -0.05) is 12.1 Å². The summed E-state index contributed by atoms with van der Waals surface area (Å²) in [4.78, 5) is 36.5. The lowest BCUT2D eigenvalue weighted by atomic mass is 9.82. The van der Waals surface area contributed by atoms with Crippen LogP contribution in [-0.4, -0.2) is 46.7 Å². The van der Waals surface area contributed by atoms with Gasteiger partial charge in [-0.3, -0.25) is 14.4 Å². The Morgan fingerprint density at radius 3 is 2.50 bits per heavy atom. The number of rotatable bonds is 9. The van der Waals surface area contributed by atoms with E-state index in [1.165, 1.54) is 30.1 Å². The van der Waals surface area contributed by atoms with Crippen molar-refractivity contribution >= 4 is 29.6 Å². The molecule has 0 bridgehead atoms. The first kappa shape index (κ1) is 23.4. The number of carbonyl (C=O) groups is 2. The van der Waals surface area contributed by atoms with Crippen LogP contribution < -0.4 is 5.73 Å². The van der Waals surface area contributed by atoms with Crippen molar-refractivity contribution in [3.63, 3.8) is 0 Å². The molecule has 1 aromatic carbocycles. The number of hydrogen-bond acceptors (Lipinski definition) is 9. The second-order valence-electron chi connectivity index (χ2n) is 6.26. The summed E-state index contributed by atoms with van der Waals surface area (Å²) in [6, 6.07) is 5.86. The highest BCUT2D eigenvalue weighted by Crippen LogP contribution is 2.42. The van der Waals surface area contributed by atoms with Gasteiger partial charge in [-0.25, -0.2) is 9.59 Å². The molecule has 0 spiro atoms. The van der Waals surface area contributed by atoms with E-state index in [1.807, 2.05) is 0 Å². The fourth-order valence-electron chi connectivity index (χ4n) is 3.09. The highest BCUT2D eigenvalue weighted by Gasteiger charge is 2.38. The molecule has 0 aliphatic carbocycles. The maximum absolute atomic E-state index is 12.9. The third kappa shape index (κ3) is 5.19. The Hall–Kier alpha value is -2.85. The molecule has 10 heteroatoms. The molecule has 1 aliphatic rings. The van der Waals surface area contributed by atoms with Crippen molar-refractivity contribution in [3.05, 3.63) is 63.0 Å². The number of ether oxygens (including phenoxy) is 2. The highest BCUT2D eigenvalue weighted by molar-refractivity contribution is 7.97. The fourth-order valence-corrected chi connectivity index (χ4v) is 3.87. The van der Waals surface area contributed by atoms with Crippen LogP contribution in [0.4, 0.5) is 5.69 Å². The van der Waals surface area contributed by atoms with Gasteiger partial charge < -0.3 is 15.2 Å². The van der Waals surface area contributed by atoms with Gasteiger partial charge in [0.05, 0.1) is 35.2 Å². The monoisotopic (exact) mass is 435 g/mol. The van der Waals surface area contributed by atoms with Gasteiger partial charge in [-0.2, -0.15) is 0 Å². The quantitative estimate of drug-likeness (QED) is 0.270. The molecule has 0 saturated carbocycles. The van der Waals surface area contributed by atoms with Gasteiger partial charge in [0.1, 0.15) is 0 Å². The van der Waals surface area contributed by atoms with E-state index < -0.39 is 22.8 Å². The predicted molar refractivity (Wildman–Crippen MR) is 113 cm³/mol. The Labute approximate surface area is 179 Å². The van der Waals surface area contributed by atoms with Gasteiger partial charge >= 0.3 is 11.9 Å². The number of nitro groups is 1. The normalized spacial score (nSPS) is 16.2. The molecule has 162 valence electrons. The zero-order valence-electron chi connectivity index (χ0n) is 17.1. The summed E-state index contributed by atoms with van der Waals surface area (Å²) in [6.07, 6.45) is 1.60. The van der Waals surface area contributed by atoms with Crippen LogP contribution in [0.25, 0.3) is 0 Å². The SMILES string of the molecule is CCOC(=O)C1=CN(SCCN)C(C)=C(C(=O)OCC)C1c1cccc([N+](=O)[O-])c1. The Morgan fingerprint density at radius 1 is 1.23 bits per heavy atom. The molecule has 2 N–H and O–H groups in total. The average molecular weight is 436 g/mol. The van der Waals surface area contributed by atoms with Gasteiger partial charge in [0.2, 0.25) is 0 Å². The first-order valence-electron chi connectivity index (χ1n) is 9.48. The molecule has 30 heavy (non-hydrogen) atoms. The standard InChI is InChI=1S/C20H25N3O6S/c1-4-28-19(24)16-12-22(30-10-9-21)13(3)17(20(25)29-5-2)18(16)14-7-6-8-15(11-14)23(26)27/h6-8,11-12,18H,4-5,9-10,21H2,1-3H3. The Balaban J connectivity index is 2.69. The van der Waals surface area contributed by atoms with Crippen LogP contribution in [0.15, 0.2) is 47.3 Å². The van der Waals surface area contributed by atoms with E-state index in [2.05, 4.69) is 0 Å². The first-order chi connectivity index (χ1) is 14.3. The summed E-state index contributed by atoms with van der Waals surface area (Å²) in [5.74, 6) is -1.51.